The maximum absolute atomic E-state index is 12.4. The number of nitrogens with one attached hydrogen (secondary N) is 1. The molecule has 0 saturated heterocycles. The standard InChI is InChI=1S/C29H24N6O5/c1-34(2)29(37)21-9-6-10-22(14-21)40-35-18-32-28(26-27(35)31-16-25(36)33-26)39-24-13-20(15-30)11-12-23(24)38-17-19-7-4-3-5-8-19/h3-14,18H,16-17H2,1-2H3,(H,33,36). The Morgan fingerprint density at radius 2 is 1.90 bits per heavy atom. The second kappa shape index (κ2) is 11.4. The molecule has 2 aliphatic rings. The van der Waals surface area contributed by atoms with Crippen molar-refractivity contribution >= 4 is 24.0 Å². The molecular formula is C29H24N6O5. The summed E-state index contributed by atoms with van der Waals surface area (Å²) in [5.74, 6) is 0.717. The quantitative estimate of drug-likeness (QED) is 0.468. The van der Waals surface area contributed by atoms with Crippen molar-refractivity contribution in [3.8, 4) is 23.3 Å². The van der Waals surface area contributed by atoms with Gasteiger partial charge in [0.1, 0.15) is 19.5 Å². The summed E-state index contributed by atoms with van der Waals surface area (Å²) in [5.41, 5.74) is 1.92. The van der Waals surface area contributed by atoms with Gasteiger partial charge in [0.15, 0.2) is 28.8 Å². The fraction of sp³-hybridized carbons (Fsp3) is 0.138. The monoisotopic (exact) mass is 536 g/mol. The summed E-state index contributed by atoms with van der Waals surface area (Å²) in [6.45, 7) is 0.146. The first kappa shape index (κ1) is 26.0. The van der Waals surface area contributed by atoms with Crippen molar-refractivity contribution in [2.45, 2.75) is 6.61 Å². The fourth-order valence-electron chi connectivity index (χ4n) is 3.83. The molecule has 0 aromatic heterocycles. The topological polar surface area (TPSA) is 129 Å². The number of amidine groups is 1. The molecule has 5 rings (SSSR count). The molecule has 200 valence electrons. The lowest BCUT2D eigenvalue weighted by atomic mass is 10.2. The van der Waals surface area contributed by atoms with Gasteiger partial charge >= 0.3 is 0 Å². The van der Waals surface area contributed by atoms with E-state index in [1.807, 2.05) is 30.3 Å². The highest BCUT2D eigenvalue weighted by Gasteiger charge is 2.31. The summed E-state index contributed by atoms with van der Waals surface area (Å²) in [6, 6.07) is 23.1. The normalized spacial score (nSPS) is 14.0. The molecule has 2 aliphatic heterocycles. The molecule has 0 bridgehead atoms. The minimum atomic E-state index is -0.359. The smallest absolute Gasteiger partial charge is 0.253 e. The van der Waals surface area contributed by atoms with Gasteiger partial charge in [-0.3, -0.25) is 14.6 Å². The van der Waals surface area contributed by atoms with Crippen molar-refractivity contribution in [2.75, 3.05) is 20.6 Å². The third kappa shape index (κ3) is 5.76. The molecule has 0 radical (unpaired) electrons. The zero-order valence-corrected chi connectivity index (χ0v) is 21.7. The summed E-state index contributed by atoms with van der Waals surface area (Å²) in [4.78, 5) is 40.7. The number of nitriles is 1. The Morgan fingerprint density at radius 3 is 2.67 bits per heavy atom. The minimum absolute atomic E-state index is 0.0304. The van der Waals surface area contributed by atoms with E-state index in [9.17, 15) is 14.9 Å². The van der Waals surface area contributed by atoms with Crippen molar-refractivity contribution in [1.82, 2.24) is 15.3 Å². The molecule has 2 amide bonds. The van der Waals surface area contributed by atoms with Gasteiger partial charge in [0.25, 0.3) is 5.91 Å². The molecular weight excluding hydrogens is 512 g/mol. The summed E-state index contributed by atoms with van der Waals surface area (Å²) in [7, 11) is 3.32. The lowest BCUT2D eigenvalue weighted by molar-refractivity contribution is -0.119. The van der Waals surface area contributed by atoms with Gasteiger partial charge in [-0.05, 0) is 35.9 Å². The van der Waals surface area contributed by atoms with Crippen LogP contribution in [0.5, 0.6) is 17.2 Å². The highest BCUT2D eigenvalue weighted by Crippen LogP contribution is 2.32. The van der Waals surface area contributed by atoms with Gasteiger partial charge in [0.05, 0.1) is 11.6 Å². The van der Waals surface area contributed by atoms with Gasteiger partial charge in [-0.25, -0.2) is 0 Å². The van der Waals surface area contributed by atoms with Crippen LogP contribution >= 0.6 is 0 Å². The Morgan fingerprint density at radius 1 is 1.07 bits per heavy atom. The molecule has 11 nitrogen and oxygen atoms in total. The number of benzene rings is 3. The first-order valence-corrected chi connectivity index (χ1v) is 12.2. The molecule has 3 aromatic rings. The van der Waals surface area contributed by atoms with Gasteiger partial charge in [-0.1, -0.05) is 36.4 Å². The molecule has 0 fully saturated rings. The van der Waals surface area contributed by atoms with Crippen molar-refractivity contribution in [1.29, 1.82) is 5.26 Å². The number of amides is 2. The van der Waals surface area contributed by atoms with E-state index < -0.39 is 0 Å². The number of aliphatic imine (C=N–C) groups is 2. The van der Waals surface area contributed by atoms with Gasteiger partial charge in [0.2, 0.25) is 11.8 Å². The minimum Gasteiger partial charge on any atom is -0.485 e. The Kier molecular flexibility index (Phi) is 7.41. The molecule has 1 N–H and O–H groups in total. The average Bonchev–Trinajstić information content (AvgIpc) is 2.97. The van der Waals surface area contributed by atoms with E-state index in [1.54, 1.807) is 50.5 Å². The number of carbonyl (C=O) groups excluding carboxylic acids is 2. The van der Waals surface area contributed by atoms with Crippen LogP contribution in [0.15, 0.2) is 94.4 Å². The SMILES string of the molecule is CN(C)C(=O)c1cccc(ON2C=NC(Oc3cc(C#N)ccc3OCc3ccccc3)=C3NC(=O)CN=C32)c1. The van der Waals surface area contributed by atoms with Crippen LogP contribution in [0.1, 0.15) is 21.5 Å². The Hall–Kier alpha value is -5.63. The average molecular weight is 537 g/mol. The van der Waals surface area contributed by atoms with Gasteiger partial charge in [-0.15, -0.1) is 5.06 Å². The fourth-order valence-corrected chi connectivity index (χ4v) is 3.83. The van der Waals surface area contributed by atoms with E-state index in [1.165, 1.54) is 22.4 Å². The van der Waals surface area contributed by atoms with Gasteiger partial charge in [0, 0.05) is 25.7 Å². The van der Waals surface area contributed by atoms with Crippen LogP contribution in [0.3, 0.4) is 0 Å². The lowest BCUT2D eigenvalue weighted by Gasteiger charge is -2.29. The zero-order chi connectivity index (χ0) is 28.1. The van der Waals surface area contributed by atoms with Crippen LogP contribution in [0.25, 0.3) is 0 Å². The number of ether oxygens (including phenoxy) is 2. The van der Waals surface area contributed by atoms with Crippen LogP contribution in [0.4, 0.5) is 0 Å². The molecule has 0 atom stereocenters. The van der Waals surface area contributed by atoms with E-state index in [2.05, 4.69) is 21.4 Å². The molecule has 40 heavy (non-hydrogen) atoms. The molecule has 0 saturated carbocycles. The van der Waals surface area contributed by atoms with E-state index in [0.29, 0.717) is 22.6 Å². The molecule has 11 heteroatoms. The molecule has 0 aliphatic carbocycles. The number of hydrogen-bond donors (Lipinski definition) is 1. The lowest BCUT2D eigenvalue weighted by Crippen LogP contribution is -2.47. The third-order valence-corrected chi connectivity index (χ3v) is 5.77. The summed E-state index contributed by atoms with van der Waals surface area (Å²) >= 11 is 0. The number of nitrogens with zero attached hydrogens (tertiary/aromatic N) is 5. The van der Waals surface area contributed by atoms with E-state index in [0.717, 1.165) is 5.56 Å². The van der Waals surface area contributed by atoms with Gasteiger partial charge in [-0.2, -0.15) is 10.3 Å². The first-order chi connectivity index (χ1) is 19.4. The summed E-state index contributed by atoms with van der Waals surface area (Å²) in [6.07, 6.45) is 1.34. The molecule has 0 unspecified atom stereocenters. The van der Waals surface area contributed by atoms with Crippen molar-refractivity contribution in [3.63, 3.8) is 0 Å². The van der Waals surface area contributed by atoms with Crippen LogP contribution in [0.2, 0.25) is 0 Å². The predicted octanol–water partition coefficient (Wildman–Crippen LogP) is 3.25. The van der Waals surface area contributed by atoms with Crippen molar-refractivity contribution < 1.29 is 23.9 Å². The Bertz CT molecular complexity index is 1590. The highest BCUT2D eigenvalue weighted by molar-refractivity contribution is 6.10. The van der Waals surface area contributed by atoms with Gasteiger partial charge < -0.3 is 24.5 Å². The third-order valence-electron chi connectivity index (χ3n) is 5.77. The molecule has 0 spiro atoms. The number of hydrogen-bond acceptors (Lipinski definition) is 9. The maximum atomic E-state index is 12.4. The molecule has 2 heterocycles. The predicted molar refractivity (Wildman–Crippen MR) is 145 cm³/mol. The van der Waals surface area contributed by atoms with E-state index in [-0.39, 0.29) is 48.1 Å². The van der Waals surface area contributed by atoms with Crippen molar-refractivity contribution in [3.05, 3.63) is 101 Å². The highest BCUT2D eigenvalue weighted by atomic mass is 16.7. The Balaban J connectivity index is 1.41. The van der Waals surface area contributed by atoms with E-state index in [4.69, 9.17) is 14.3 Å². The van der Waals surface area contributed by atoms with Crippen LogP contribution in [-0.2, 0) is 11.4 Å². The second-order valence-electron chi connectivity index (χ2n) is 8.91. The number of fused-ring (bicyclic) bond motifs is 1. The number of carbonyl (C=O) groups is 2. The van der Waals surface area contributed by atoms with Crippen LogP contribution < -0.4 is 19.6 Å². The Labute approximate surface area is 230 Å². The number of rotatable bonds is 8. The summed E-state index contributed by atoms with van der Waals surface area (Å²) < 4.78 is 12.1. The van der Waals surface area contributed by atoms with Crippen molar-refractivity contribution in [2.24, 2.45) is 9.98 Å². The zero-order valence-electron chi connectivity index (χ0n) is 21.7. The van der Waals surface area contributed by atoms with E-state index >= 15 is 0 Å². The summed E-state index contributed by atoms with van der Waals surface area (Å²) in [5, 5.41) is 13.5. The van der Waals surface area contributed by atoms with Crippen LogP contribution in [-0.4, -0.2) is 54.6 Å². The first-order valence-electron chi connectivity index (χ1n) is 12.2. The molecule has 3 aromatic carbocycles. The largest absolute Gasteiger partial charge is 0.485 e. The maximum Gasteiger partial charge on any atom is 0.253 e. The second-order valence-corrected chi connectivity index (χ2v) is 8.91. The van der Waals surface area contributed by atoms with Crippen LogP contribution in [0, 0.1) is 11.3 Å². The number of hydroxylamine groups is 2.